The van der Waals surface area contributed by atoms with Gasteiger partial charge in [0.05, 0.1) is 16.9 Å². The molecule has 0 amide bonds. The third-order valence-corrected chi connectivity index (χ3v) is 3.86. The van der Waals surface area contributed by atoms with Gasteiger partial charge in [-0.2, -0.15) is 0 Å². The van der Waals surface area contributed by atoms with Crippen LogP contribution in [0.25, 0.3) is 0 Å². The molecule has 0 saturated heterocycles. The van der Waals surface area contributed by atoms with Crippen molar-refractivity contribution in [3.63, 3.8) is 0 Å². The second-order valence-electron chi connectivity index (χ2n) is 4.65. The molecule has 21 heavy (non-hydrogen) atoms. The molecule has 0 N–H and O–H groups in total. The highest BCUT2D eigenvalue weighted by atomic mass is 79.9. The molecule has 2 aromatic carbocycles. The second-order valence-corrected chi connectivity index (χ2v) is 5.83. The Morgan fingerprint density at radius 2 is 1.90 bits per heavy atom. The van der Waals surface area contributed by atoms with Crippen molar-refractivity contribution in [2.24, 2.45) is 0 Å². The van der Waals surface area contributed by atoms with E-state index in [0.29, 0.717) is 22.9 Å². The zero-order valence-electron chi connectivity index (χ0n) is 11.5. The van der Waals surface area contributed by atoms with Gasteiger partial charge >= 0.3 is 0 Å². The van der Waals surface area contributed by atoms with Gasteiger partial charge in [0.15, 0.2) is 0 Å². The fourth-order valence-corrected chi connectivity index (χ4v) is 2.62. The molecule has 2 aromatic rings. The fraction of sp³-hybridized carbons (Fsp3) is 0.200. The van der Waals surface area contributed by atoms with Crippen LogP contribution in [0.1, 0.15) is 16.7 Å². The Hall–Kier alpha value is -1.59. The molecule has 2 rings (SSSR count). The van der Waals surface area contributed by atoms with E-state index < -0.39 is 4.92 Å². The number of benzene rings is 2. The van der Waals surface area contributed by atoms with Crippen molar-refractivity contribution in [3.05, 3.63) is 61.6 Å². The van der Waals surface area contributed by atoms with E-state index in [1.165, 1.54) is 6.07 Å². The lowest BCUT2D eigenvalue weighted by molar-refractivity contribution is -0.385. The summed E-state index contributed by atoms with van der Waals surface area (Å²) < 4.78 is 6.72. The fourth-order valence-electron chi connectivity index (χ4n) is 2.00. The van der Waals surface area contributed by atoms with Crippen molar-refractivity contribution in [1.82, 2.24) is 0 Å². The van der Waals surface area contributed by atoms with Crippen LogP contribution in [0.5, 0.6) is 11.5 Å². The lowest BCUT2D eigenvalue weighted by Crippen LogP contribution is -1.96. The average molecular weight is 371 g/mol. The molecule has 0 aromatic heterocycles. The van der Waals surface area contributed by atoms with Crippen molar-refractivity contribution in [2.75, 3.05) is 0 Å². The van der Waals surface area contributed by atoms with Gasteiger partial charge in [0.1, 0.15) is 11.5 Å². The number of nitro groups is 1. The predicted octanol–water partition coefficient (Wildman–Crippen LogP) is 5.51. The summed E-state index contributed by atoms with van der Waals surface area (Å²) in [5.74, 6) is 1.34. The van der Waals surface area contributed by atoms with Crippen molar-refractivity contribution >= 4 is 33.2 Å². The Kier molecular flexibility index (Phi) is 4.85. The molecule has 110 valence electrons. The molecular weight excluding hydrogens is 358 g/mol. The van der Waals surface area contributed by atoms with Crippen LogP contribution in [0.3, 0.4) is 0 Å². The largest absolute Gasteiger partial charge is 0.456 e. The van der Waals surface area contributed by atoms with Crippen LogP contribution in [0.2, 0.25) is 0 Å². The van der Waals surface area contributed by atoms with E-state index in [0.717, 1.165) is 15.6 Å². The third-order valence-electron chi connectivity index (χ3n) is 3.08. The number of nitro benzene ring substituents is 1. The second kappa shape index (κ2) is 6.45. The first-order chi connectivity index (χ1) is 9.92. The molecule has 0 fully saturated rings. The zero-order chi connectivity index (χ0) is 15.6. The summed E-state index contributed by atoms with van der Waals surface area (Å²) in [6.07, 6.45) is 0. The van der Waals surface area contributed by atoms with Crippen molar-refractivity contribution in [1.29, 1.82) is 0 Å². The number of halogens is 2. The number of rotatable bonds is 4. The maximum absolute atomic E-state index is 11.0. The summed E-state index contributed by atoms with van der Waals surface area (Å²) in [5, 5.41) is 11.0. The Bertz CT molecular complexity index is 704. The minimum absolute atomic E-state index is 0.0418. The monoisotopic (exact) mass is 369 g/mol. The number of alkyl halides is 1. The maximum atomic E-state index is 11.0. The minimum Gasteiger partial charge on any atom is -0.456 e. The van der Waals surface area contributed by atoms with Crippen LogP contribution >= 0.6 is 27.5 Å². The lowest BCUT2D eigenvalue weighted by atomic mass is 10.1. The van der Waals surface area contributed by atoms with Crippen LogP contribution < -0.4 is 4.74 Å². The molecule has 0 unspecified atom stereocenters. The van der Waals surface area contributed by atoms with Gasteiger partial charge in [-0.1, -0.05) is 15.9 Å². The molecule has 6 heteroatoms. The minimum atomic E-state index is -0.411. The van der Waals surface area contributed by atoms with E-state index in [2.05, 4.69) is 15.9 Å². The van der Waals surface area contributed by atoms with E-state index in [1.54, 1.807) is 19.1 Å². The molecule has 0 atom stereocenters. The maximum Gasteiger partial charge on any atom is 0.276 e. The van der Waals surface area contributed by atoms with E-state index in [1.807, 2.05) is 19.1 Å². The quantitative estimate of drug-likeness (QED) is 0.405. The Morgan fingerprint density at radius 1 is 1.19 bits per heavy atom. The summed E-state index contributed by atoms with van der Waals surface area (Å²) in [5.41, 5.74) is 2.30. The van der Waals surface area contributed by atoms with Crippen LogP contribution in [0.4, 0.5) is 5.69 Å². The Morgan fingerprint density at radius 3 is 2.52 bits per heavy atom. The first-order valence-electron chi connectivity index (χ1n) is 6.20. The third kappa shape index (κ3) is 3.54. The van der Waals surface area contributed by atoms with Crippen LogP contribution in [0, 0.1) is 24.0 Å². The van der Waals surface area contributed by atoms with Gasteiger partial charge in [-0.3, -0.25) is 10.1 Å². The van der Waals surface area contributed by atoms with Gasteiger partial charge in [0.2, 0.25) is 0 Å². The molecule has 0 heterocycles. The number of hydrogen-bond acceptors (Lipinski definition) is 3. The summed E-state index contributed by atoms with van der Waals surface area (Å²) in [6, 6.07) is 8.67. The highest BCUT2D eigenvalue weighted by Crippen LogP contribution is 2.34. The topological polar surface area (TPSA) is 52.4 Å². The van der Waals surface area contributed by atoms with Crippen LogP contribution in [-0.4, -0.2) is 4.92 Å². The highest BCUT2D eigenvalue weighted by Gasteiger charge is 2.16. The van der Waals surface area contributed by atoms with E-state index in [4.69, 9.17) is 16.3 Å². The van der Waals surface area contributed by atoms with Gasteiger partial charge in [-0.05, 0) is 43.7 Å². The summed E-state index contributed by atoms with van der Waals surface area (Å²) in [7, 11) is 0. The van der Waals surface area contributed by atoms with E-state index >= 15 is 0 Å². The summed E-state index contributed by atoms with van der Waals surface area (Å²) >= 11 is 9.28. The van der Waals surface area contributed by atoms with Gasteiger partial charge in [0.25, 0.3) is 5.69 Å². The van der Waals surface area contributed by atoms with Gasteiger partial charge in [-0.25, -0.2) is 0 Å². The smallest absolute Gasteiger partial charge is 0.276 e. The number of ether oxygens (including phenoxy) is 1. The molecule has 0 spiro atoms. The summed E-state index contributed by atoms with van der Waals surface area (Å²) in [4.78, 5) is 10.6. The SMILES string of the molecule is Cc1cc(C)c([N+](=O)[O-])cc1Oc1ccc(Br)cc1CCl. The summed E-state index contributed by atoms with van der Waals surface area (Å²) in [6.45, 7) is 3.56. The molecule has 0 aliphatic carbocycles. The van der Waals surface area contributed by atoms with Gasteiger partial charge in [0, 0.05) is 15.6 Å². The molecule has 0 aliphatic rings. The van der Waals surface area contributed by atoms with Gasteiger partial charge in [-0.15, -0.1) is 11.6 Å². The zero-order valence-corrected chi connectivity index (χ0v) is 13.9. The highest BCUT2D eigenvalue weighted by molar-refractivity contribution is 9.10. The molecule has 0 bridgehead atoms. The van der Waals surface area contributed by atoms with Crippen molar-refractivity contribution < 1.29 is 9.66 Å². The average Bonchev–Trinajstić information content (AvgIpc) is 2.42. The standard InChI is InChI=1S/C15H13BrClNO3/c1-9-5-10(2)15(7-13(9)18(19)20)21-14-4-3-12(16)6-11(14)8-17/h3-7H,8H2,1-2H3. The molecule has 0 saturated carbocycles. The Labute approximate surface area is 136 Å². The molecule has 0 aliphatic heterocycles. The van der Waals surface area contributed by atoms with Crippen molar-refractivity contribution in [3.8, 4) is 11.5 Å². The predicted molar refractivity (Wildman–Crippen MR) is 86.3 cm³/mol. The first-order valence-corrected chi connectivity index (χ1v) is 7.53. The number of nitrogens with zero attached hydrogens (tertiary/aromatic N) is 1. The Balaban J connectivity index is 2.44. The lowest BCUT2D eigenvalue weighted by Gasteiger charge is -2.12. The van der Waals surface area contributed by atoms with Crippen LogP contribution in [0.15, 0.2) is 34.8 Å². The van der Waals surface area contributed by atoms with Crippen molar-refractivity contribution in [2.45, 2.75) is 19.7 Å². The normalized spacial score (nSPS) is 10.5. The molecular formula is C15H13BrClNO3. The van der Waals surface area contributed by atoms with Gasteiger partial charge < -0.3 is 4.74 Å². The van der Waals surface area contributed by atoms with E-state index in [-0.39, 0.29) is 5.69 Å². The van der Waals surface area contributed by atoms with E-state index in [9.17, 15) is 10.1 Å². The molecule has 0 radical (unpaired) electrons. The van der Waals surface area contributed by atoms with Crippen LogP contribution in [-0.2, 0) is 5.88 Å². The number of hydrogen-bond donors (Lipinski definition) is 0. The first kappa shape index (κ1) is 15.8. The molecule has 4 nitrogen and oxygen atoms in total. The number of aryl methyl sites for hydroxylation is 2.